The Hall–Kier alpha value is -2.40. The van der Waals surface area contributed by atoms with E-state index in [2.05, 4.69) is 4.90 Å². The van der Waals surface area contributed by atoms with E-state index in [4.69, 9.17) is 9.52 Å². The normalized spacial score (nSPS) is 14.5. The van der Waals surface area contributed by atoms with E-state index in [9.17, 15) is 4.39 Å². The summed E-state index contributed by atoms with van der Waals surface area (Å²) in [5.74, 6) is -0.215. The smallest absolute Gasteiger partial charge is 0.132 e. The summed E-state index contributed by atoms with van der Waals surface area (Å²) in [5.41, 5.74) is 4.65. The van der Waals surface area contributed by atoms with Crippen LogP contribution >= 0.6 is 0 Å². The Balaban J connectivity index is 1.86. The van der Waals surface area contributed by atoms with Gasteiger partial charge in [-0.1, -0.05) is 12.1 Å². The zero-order valence-corrected chi connectivity index (χ0v) is 12.3. The number of nitrogens with zero attached hydrogens (tertiary/aromatic N) is 3. The Morgan fingerprint density at radius 3 is 2.86 bits per heavy atom. The molecule has 0 radical (unpaired) electrons. The lowest BCUT2D eigenvalue weighted by Gasteiger charge is -2.12. The minimum atomic E-state index is -0.215. The summed E-state index contributed by atoms with van der Waals surface area (Å²) in [7, 11) is 2.05. The topological polar surface area (TPSA) is 34.2 Å². The lowest BCUT2D eigenvalue weighted by molar-refractivity contribution is 0.346. The molecular formula is C17H16FN3O. The van der Waals surface area contributed by atoms with Crippen molar-refractivity contribution >= 4 is 0 Å². The average Bonchev–Trinajstić information content (AvgIpc) is 3.17. The molecule has 1 aromatic carbocycles. The van der Waals surface area contributed by atoms with Crippen LogP contribution in [0.4, 0.5) is 4.39 Å². The molecule has 0 aliphatic carbocycles. The number of fused-ring (bicyclic) bond motifs is 1. The van der Waals surface area contributed by atoms with Crippen molar-refractivity contribution in [2.45, 2.75) is 19.6 Å². The van der Waals surface area contributed by atoms with Crippen LogP contribution in [0.5, 0.6) is 0 Å². The molecular weight excluding hydrogens is 281 g/mol. The average molecular weight is 297 g/mol. The van der Waals surface area contributed by atoms with Gasteiger partial charge in [0.1, 0.15) is 5.82 Å². The van der Waals surface area contributed by atoms with Crippen molar-refractivity contribution in [3.05, 3.63) is 65.5 Å². The van der Waals surface area contributed by atoms with Gasteiger partial charge in [0.15, 0.2) is 0 Å². The summed E-state index contributed by atoms with van der Waals surface area (Å²) in [6.07, 6.45) is 3.34. The second-order valence-electron chi connectivity index (χ2n) is 5.72. The molecule has 0 unspecified atom stereocenters. The van der Waals surface area contributed by atoms with Crippen LogP contribution in [-0.2, 0) is 19.6 Å². The monoisotopic (exact) mass is 297 g/mol. The summed E-state index contributed by atoms with van der Waals surface area (Å²) >= 11 is 0. The first-order chi connectivity index (χ1) is 10.7. The van der Waals surface area contributed by atoms with Gasteiger partial charge in [0.05, 0.1) is 30.5 Å². The highest BCUT2D eigenvalue weighted by Crippen LogP contribution is 2.33. The van der Waals surface area contributed by atoms with E-state index in [-0.39, 0.29) is 5.82 Å². The number of furan rings is 1. The van der Waals surface area contributed by atoms with Gasteiger partial charge in [0.25, 0.3) is 0 Å². The van der Waals surface area contributed by atoms with E-state index in [1.54, 1.807) is 18.6 Å². The van der Waals surface area contributed by atoms with Crippen LogP contribution in [-0.4, -0.2) is 21.7 Å². The van der Waals surface area contributed by atoms with Gasteiger partial charge in [-0.25, -0.2) is 4.39 Å². The Morgan fingerprint density at radius 1 is 1.23 bits per heavy atom. The third kappa shape index (κ3) is 2.14. The van der Waals surface area contributed by atoms with Crippen LogP contribution < -0.4 is 0 Å². The fourth-order valence-electron chi connectivity index (χ4n) is 3.05. The molecule has 3 aromatic rings. The number of aromatic nitrogens is 2. The lowest BCUT2D eigenvalue weighted by Crippen LogP contribution is -2.12. The van der Waals surface area contributed by atoms with E-state index in [1.165, 1.54) is 6.07 Å². The number of halogens is 1. The fourth-order valence-corrected chi connectivity index (χ4v) is 3.05. The molecule has 4 nitrogen and oxygen atoms in total. The Bertz CT molecular complexity index is 807. The highest BCUT2D eigenvalue weighted by molar-refractivity contribution is 5.66. The van der Waals surface area contributed by atoms with Crippen molar-refractivity contribution in [2.75, 3.05) is 7.05 Å². The molecule has 0 atom stereocenters. The second-order valence-corrected chi connectivity index (χ2v) is 5.72. The molecule has 112 valence electrons. The van der Waals surface area contributed by atoms with E-state index < -0.39 is 0 Å². The third-order valence-electron chi connectivity index (χ3n) is 4.02. The number of hydrogen-bond donors (Lipinski definition) is 0. The SMILES string of the molecule is CN1Cc2nn(Cc3ccoc3)c(-c3ccccc3F)c2C1. The van der Waals surface area contributed by atoms with Crippen molar-refractivity contribution < 1.29 is 8.81 Å². The quantitative estimate of drug-likeness (QED) is 0.744. The first-order valence-electron chi connectivity index (χ1n) is 7.25. The van der Waals surface area contributed by atoms with E-state index in [0.717, 1.165) is 35.6 Å². The van der Waals surface area contributed by atoms with Gasteiger partial charge in [0.2, 0.25) is 0 Å². The zero-order chi connectivity index (χ0) is 15.1. The minimum absolute atomic E-state index is 0.215. The number of benzene rings is 1. The molecule has 22 heavy (non-hydrogen) atoms. The summed E-state index contributed by atoms with van der Waals surface area (Å²) in [6, 6.07) is 8.79. The summed E-state index contributed by atoms with van der Waals surface area (Å²) in [6.45, 7) is 2.18. The van der Waals surface area contributed by atoms with Crippen molar-refractivity contribution in [1.82, 2.24) is 14.7 Å². The fraction of sp³-hybridized carbons (Fsp3) is 0.235. The first kappa shape index (κ1) is 13.3. The zero-order valence-electron chi connectivity index (χ0n) is 12.3. The Kier molecular flexibility index (Phi) is 3.08. The van der Waals surface area contributed by atoms with E-state index in [0.29, 0.717) is 12.1 Å². The van der Waals surface area contributed by atoms with Gasteiger partial charge in [-0.2, -0.15) is 5.10 Å². The standard InChI is InChI=1S/C17H16FN3O/c1-20-9-14-16(10-20)19-21(8-12-6-7-22-11-12)17(14)13-4-2-3-5-15(13)18/h2-7,11H,8-10H2,1H3. The van der Waals surface area contributed by atoms with Crippen LogP contribution in [0.3, 0.4) is 0 Å². The maximum absolute atomic E-state index is 14.3. The molecule has 0 N–H and O–H groups in total. The molecule has 1 aliphatic heterocycles. The second kappa shape index (κ2) is 5.10. The summed E-state index contributed by atoms with van der Waals surface area (Å²) in [4.78, 5) is 2.18. The van der Waals surface area contributed by atoms with Gasteiger partial charge in [-0.3, -0.25) is 9.58 Å². The Morgan fingerprint density at radius 2 is 2.09 bits per heavy atom. The molecule has 0 spiro atoms. The molecule has 0 amide bonds. The van der Waals surface area contributed by atoms with E-state index in [1.807, 2.05) is 29.9 Å². The van der Waals surface area contributed by atoms with Crippen LogP contribution in [0, 0.1) is 5.82 Å². The van der Waals surface area contributed by atoms with Crippen LogP contribution in [0.2, 0.25) is 0 Å². The summed E-state index contributed by atoms with van der Waals surface area (Å²) < 4.78 is 21.3. The van der Waals surface area contributed by atoms with Gasteiger partial charge < -0.3 is 4.42 Å². The number of hydrogen-bond acceptors (Lipinski definition) is 3. The molecule has 4 rings (SSSR count). The first-order valence-corrected chi connectivity index (χ1v) is 7.25. The number of rotatable bonds is 3. The van der Waals surface area contributed by atoms with Crippen molar-refractivity contribution in [1.29, 1.82) is 0 Å². The predicted molar refractivity (Wildman–Crippen MR) is 80.6 cm³/mol. The van der Waals surface area contributed by atoms with Crippen molar-refractivity contribution in [2.24, 2.45) is 0 Å². The molecule has 5 heteroatoms. The van der Waals surface area contributed by atoms with Crippen LogP contribution in [0.1, 0.15) is 16.8 Å². The molecule has 3 heterocycles. The Labute approximate surface area is 127 Å². The molecule has 0 saturated heterocycles. The molecule has 0 bridgehead atoms. The van der Waals surface area contributed by atoms with E-state index >= 15 is 0 Å². The van der Waals surface area contributed by atoms with Crippen molar-refractivity contribution in [3.8, 4) is 11.3 Å². The maximum Gasteiger partial charge on any atom is 0.132 e. The molecule has 2 aromatic heterocycles. The van der Waals surface area contributed by atoms with Crippen LogP contribution in [0.25, 0.3) is 11.3 Å². The molecule has 0 fully saturated rings. The van der Waals surface area contributed by atoms with Crippen molar-refractivity contribution in [3.63, 3.8) is 0 Å². The van der Waals surface area contributed by atoms with Gasteiger partial charge in [0, 0.05) is 29.8 Å². The largest absolute Gasteiger partial charge is 0.472 e. The predicted octanol–water partition coefficient (Wildman–Crippen LogP) is 3.28. The van der Waals surface area contributed by atoms with Gasteiger partial charge in [-0.05, 0) is 25.2 Å². The minimum Gasteiger partial charge on any atom is -0.472 e. The lowest BCUT2D eigenvalue weighted by atomic mass is 10.1. The summed E-state index contributed by atoms with van der Waals surface area (Å²) in [5, 5.41) is 4.70. The highest BCUT2D eigenvalue weighted by Gasteiger charge is 2.27. The molecule has 1 aliphatic rings. The van der Waals surface area contributed by atoms with Gasteiger partial charge >= 0.3 is 0 Å². The highest BCUT2D eigenvalue weighted by atomic mass is 19.1. The van der Waals surface area contributed by atoms with Crippen LogP contribution in [0.15, 0.2) is 47.3 Å². The maximum atomic E-state index is 14.3. The third-order valence-corrected chi connectivity index (χ3v) is 4.02. The van der Waals surface area contributed by atoms with Gasteiger partial charge in [-0.15, -0.1) is 0 Å². The molecule has 0 saturated carbocycles.